The predicted octanol–water partition coefficient (Wildman–Crippen LogP) is 2.62. The summed E-state index contributed by atoms with van der Waals surface area (Å²) in [6.07, 6.45) is 4.09. The maximum atomic E-state index is 5.88. The van der Waals surface area contributed by atoms with Crippen molar-refractivity contribution < 1.29 is 4.74 Å². The fraction of sp³-hybridized carbons (Fsp3) is 0.600. The molecule has 0 aliphatic heterocycles. The number of rotatable bonds is 6. The van der Waals surface area contributed by atoms with E-state index >= 15 is 0 Å². The molecule has 0 saturated heterocycles. The van der Waals surface area contributed by atoms with Crippen LogP contribution in [0.5, 0.6) is 0 Å². The zero-order chi connectivity index (χ0) is 11.4. The van der Waals surface area contributed by atoms with Gasteiger partial charge >= 0.3 is 0 Å². The van der Waals surface area contributed by atoms with Crippen molar-refractivity contribution in [1.82, 2.24) is 9.97 Å². The Balaban J connectivity index is 1.69. The van der Waals surface area contributed by atoms with Gasteiger partial charge in [-0.25, -0.2) is 4.98 Å². The van der Waals surface area contributed by atoms with Crippen LogP contribution < -0.4 is 5.32 Å². The molecule has 1 saturated carbocycles. The predicted molar refractivity (Wildman–Crippen MR) is 64.1 cm³/mol. The molecule has 4 nitrogen and oxygen atoms in total. The highest BCUT2D eigenvalue weighted by Crippen LogP contribution is 2.28. The lowest BCUT2D eigenvalue weighted by molar-refractivity contribution is 0.134. The van der Waals surface area contributed by atoms with Gasteiger partial charge in [0.25, 0.3) is 0 Å². The zero-order valence-electron chi connectivity index (χ0n) is 8.75. The number of anilines is 1. The quantitative estimate of drug-likeness (QED) is 0.632. The molecule has 1 aliphatic carbocycles. The van der Waals surface area contributed by atoms with Crippen molar-refractivity contribution in [3.05, 3.63) is 16.5 Å². The number of hydrogen-bond acceptors (Lipinski definition) is 4. The van der Waals surface area contributed by atoms with E-state index < -0.39 is 0 Å². The minimum absolute atomic E-state index is 0.186. The van der Waals surface area contributed by atoms with Crippen LogP contribution in [0.3, 0.4) is 0 Å². The maximum absolute atomic E-state index is 5.88. The van der Waals surface area contributed by atoms with Crippen molar-refractivity contribution >= 4 is 29.0 Å². The number of nitrogens with zero attached hydrogens (tertiary/aromatic N) is 2. The van der Waals surface area contributed by atoms with Crippen LogP contribution in [0.15, 0.2) is 6.20 Å². The molecule has 2 rings (SSSR count). The van der Waals surface area contributed by atoms with Crippen molar-refractivity contribution in [1.29, 1.82) is 0 Å². The summed E-state index contributed by atoms with van der Waals surface area (Å²) in [5, 5.41) is 3.71. The highest BCUT2D eigenvalue weighted by Gasteiger charge is 2.20. The average Bonchev–Trinajstić information content (AvgIpc) is 3.06. The first-order chi connectivity index (χ1) is 7.75. The van der Waals surface area contributed by atoms with Crippen LogP contribution >= 0.6 is 23.2 Å². The molecule has 1 aliphatic rings. The number of aromatic nitrogens is 2. The summed E-state index contributed by atoms with van der Waals surface area (Å²) in [5.74, 6) is 1.34. The Bertz CT molecular complexity index is 358. The number of nitrogens with one attached hydrogen (secondary N) is 1. The van der Waals surface area contributed by atoms with Crippen molar-refractivity contribution in [2.45, 2.75) is 12.8 Å². The molecule has 1 heterocycles. The number of halogens is 2. The molecule has 1 aromatic heterocycles. The summed E-state index contributed by atoms with van der Waals surface area (Å²) in [7, 11) is 0. The Kier molecular flexibility index (Phi) is 4.21. The topological polar surface area (TPSA) is 47.0 Å². The van der Waals surface area contributed by atoms with Crippen molar-refractivity contribution in [3.63, 3.8) is 0 Å². The van der Waals surface area contributed by atoms with E-state index in [2.05, 4.69) is 15.3 Å². The van der Waals surface area contributed by atoms with Gasteiger partial charge in [0.2, 0.25) is 5.28 Å². The van der Waals surface area contributed by atoms with E-state index in [1.54, 1.807) is 0 Å². The van der Waals surface area contributed by atoms with Gasteiger partial charge < -0.3 is 10.1 Å². The molecule has 0 aromatic carbocycles. The van der Waals surface area contributed by atoms with E-state index in [9.17, 15) is 0 Å². The molecule has 0 radical (unpaired) electrons. The summed E-state index contributed by atoms with van der Waals surface area (Å²) in [5.41, 5.74) is 0. The first-order valence-corrected chi connectivity index (χ1v) is 6.01. The smallest absolute Gasteiger partial charge is 0.224 e. The summed E-state index contributed by atoms with van der Waals surface area (Å²) >= 11 is 11.5. The molecule has 0 amide bonds. The number of ether oxygens (including phenoxy) is 1. The first-order valence-electron chi connectivity index (χ1n) is 5.25. The molecular formula is C10H13Cl2N3O. The fourth-order valence-corrected chi connectivity index (χ4v) is 1.54. The average molecular weight is 262 g/mol. The molecule has 0 spiro atoms. The van der Waals surface area contributed by atoms with Gasteiger partial charge in [0, 0.05) is 13.2 Å². The van der Waals surface area contributed by atoms with Crippen LogP contribution in [0.2, 0.25) is 10.3 Å². The van der Waals surface area contributed by atoms with Gasteiger partial charge in [-0.3, -0.25) is 0 Å². The monoisotopic (exact) mass is 261 g/mol. The van der Waals surface area contributed by atoms with Gasteiger partial charge in [0.15, 0.2) is 0 Å². The third-order valence-electron chi connectivity index (χ3n) is 2.30. The zero-order valence-corrected chi connectivity index (χ0v) is 10.3. The van der Waals surface area contributed by atoms with Crippen LogP contribution in [-0.2, 0) is 4.74 Å². The maximum Gasteiger partial charge on any atom is 0.224 e. The molecule has 1 aromatic rings. The Morgan fingerprint density at radius 1 is 1.44 bits per heavy atom. The van der Waals surface area contributed by atoms with Gasteiger partial charge in [-0.1, -0.05) is 11.6 Å². The Labute approximate surface area is 104 Å². The third-order valence-corrected chi connectivity index (χ3v) is 2.76. The normalized spacial score (nSPS) is 15.1. The molecule has 0 bridgehead atoms. The first kappa shape index (κ1) is 11.9. The largest absolute Gasteiger partial charge is 0.379 e. The van der Waals surface area contributed by atoms with E-state index in [1.165, 1.54) is 19.0 Å². The van der Waals surface area contributed by atoms with Crippen LogP contribution in [0.1, 0.15) is 12.8 Å². The summed E-state index contributed by atoms with van der Waals surface area (Å²) in [4.78, 5) is 7.74. The molecule has 1 fully saturated rings. The summed E-state index contributed by atoms with van der Waals surface area (Å²) in [6.45, 7) is 2.17. The minimum Gasteiger partial charge on any atom is -0.379 e. The van der Waals surface area contributed by atoms with Crippen LogP contribution in [0.25, 0.3) is 0 Å². The highest BCUT2D eigenvalue weighted by molar-refractivity contribution is 6.33. The van der Waals surface area contributed by atoms with E-state index in [0.29, 0.717) is 24.0 Å². The second kappa shape index (κ2) is 5.66. The molecular weight excluding hydrogens is 249 g/mol. The van der Waals surface area contributed by atoms with Gasteiger partial charge in [-0.05, 0) is 30.4 Å². The van der Waals surface area contributed by atoms with Gasteiger partial charge in [0.1, 0.15) is 10.8 Å². The minimum atomic E-state index is 0.186. The summed E-state index contributed by atoms with van der Waals surface area (Å²) in [6, 6.07) is 0. The lowest BCUT2D eigenvalue weighted by Gasteiger charge is -2.07. The second-order valence-electron chi connectivity index (χ2n) is 3.78. The van der Waals surface area contributed by atoms with Crippen LogP contribution in [-0.4, -0.2) is 29.7 Å². The van der Waals surface area contributed by atoms with E-state index in [4.69, 9.17) is 27.9 Å². The van der Waals surface area contributed by atoms with Gasteiger partial charge in [0.05, 0.1) is 12.8 Å². The Morgan fingerprint density at radius 3 is 3.00 bits per heavy atom. The molecule has 6 heteroatoms. The molecule has 1 N–H and O–H groups in total. The number of hydrogen-bond donors (Lipinski definition) is 1. The van der Waals surface area contributed by atoms with Crippen LogP contribution in [0.4, 0.5) is 5.82 Å². The lowest BCUT2D eigenvalue weighted by atomic mass is 10.5. The van der Waals surface area contributed by atoms with Crippen molar-refractivity contribution in [3.8, 4) is 0 Å². The summed E-state index contributed by atoms with van der Waals surface area (Å²) < 4.78 is 5.47. The van der Waals surface area contributed by atoms with Gasteiger partial charge in [-0.15, -0.1) is 0 Å². The fourth-order valence-electron chi connectivity index (χ4n) is 1.25. The SMILES string of the molecule is Clc1ncc(Cl)c(NCCOCC2CC2)n1. The Hall–Kier alpha value is -0.580. The highest BCUT2D eigenvalue weighted by atomic mass is 35.5. The molecule has 0 atom stereocenters. The molecule has 88 valence electrons. The van der Waals surface area contributed by atoms with E-state index in [0.717, 1.165) is 12.5 Å². The standard InChI is InChI=1S/C10H13Cl2N3O/c11-8-5-14-10(12)15-9(8)13-3-4-16-6-7-1-2-7/h5,7H,1-4,6H2,(H,13,14,15). The van der Waals surface area contributed by atoms with E-state index in [-0.39, 0.29) is 5.28 Å². The second-order valence-corrected chi connectivity index (χ2v) is 4.53. The molecule has 16 heavy (non-hydrogen) atoms. The van der Waals surface area contributed by atoms with Crippen molar-refractivity contribution in [2.75, 3.05) is 25.1 Å². The molecule has 0 unspecified atom stereocenters. The van der Waals surface area contributed by atoms with E-state index in [1.807, 2.05) is 0 Å². The Morgan fingerprint density at radius 2 is 2.25 bits per heavy atom. The van der Waals surface area contributed by atoms with Gasteiger partial charge in [-0.2, -0.15) is 4.98 Å². The third kappa shape index (κ3) is 3.77. The lowest BCUT2D eigenvalue weighted by Crippen LogP contribution is -2.12. The van der Waals surface area contributed by atoms with Crippen LogP contribution in [0, 0.1) is 5.92 Å². The van der Waals surface area contributed by atoms with Crippen molar-refractivity contribution in [2.24, 2.45) is 5.92 Å².